The lowest BCUT2D eigenvalue weighted by Crippen LogP contribution is -2.52. The van der Waals surface area contributed by atoms with Gasteiger partial charge in [-0.1, -0.05) is 18.2 Å². The van der Waals surface area contributed by atoms with Gasteiger partial charge < -0.3 is 14.8 Å². The van der Waals surface area contributed by atoms with E-state index >= 15 is 0 Å². The summed E-state index contributed by atoms with van der Waals surface area (Å²) in [6.45, 7) is 3.24. The number of carbonyl (C=O) groups excluding carboxylic acids is 3. The number of aryl methyl sites for hydroxylation is 1. The molecule has 0 bridgehead atoms. The molecule has 3 aromatic heterocycles. The number of piperazine rings is 1. The van der Waals surface area contributed by atoms with Gasteiger partial charge in [-0.3, -0.25) is 14.4 Å². The monoisotopic (exact) mass is 442 g/mol. The molecule has 0 spiro atoms. The highest BCUT2D eigenvalue weighted by Crippen LogP contribution is 2.26. The minimum Gasteiger partial charge on any atom is -0.357 e. The standard InChI is InChI=1S/C24H22N6O3/c1-16-14-26-22(30-9-5-8-27-30)20-19(16)18(15-25-20)21(31)24(33)29-12-10-28(11-13-29)23(32)17-6-3-2-4-7-17/h2-9,14-15,25H,10-13H2,1H3. The van der Waals surface area contributed by atoms with Crippen molar-refractivity contribution in [3.8, 4) is 5.82 Å². The summed E-state index contributed by atoms with van der Waals surface area (Å²) in [4.78, 5) is 49.6. The van der Waals surface area contributed by atoms with Gasteiger partial charge in [0, 0.05) is 61.9 Å². The zero-order valence-electron chi connectivity index (χ0n) is 18.1. The predicted octanol–water partition coefficient (Wildman–Crippen LogP) is 2.22. The van der Waals surface area contributed by atoms with E-state index in [0.717, 1.165) is 5.56 Å². The van der Waals surface area contributed by atoms with Crippen LogP contribution < -0.4 is 0 Å². The van der Waals surface area contributed by atoms with Crippen LogP contribution in [-0.2, 0) is 4.79 Å². The zero-order valence-corrected chi connectivity index (χ0v) is 18.1. The van der Waals surface area contributed by atoms with Crippen molar-refractivity contribution in [2.45, 2.75) is 6.92 Å². The predicted molar refractivity (Wildman–Crippen MR) is 121 cm³/mol. The third kappa shape index (κ3) is 3.67. The van der Waals surface area contributed by atoms with Crippen LogP contribution in [0.25, 0.3) is 16.7 Å². The van der Waals surface area contributed by atoms with Crippen molar-refractivity contribution in [2.24, 2.45) is 0 Å². The molecule has 2 amide bonds. The van der Waals surface area contributed by atoms with Crippen LogP contribution in [-0.4, -0.2) is 73.3 Å². The fraction of sp³-hybridized carbons (Fsp3) is 0.208. The maximum atomic E-state index is 13.2. The molecule has 0 aliphatic carbocycles. The second kappa shape index (κ2) is 8.34. The highest BCUT2D eigenvalue weighted by molar-refractivity contribution is 6.45. The highest BCUT2D eigenvalue weighted by atomic mass is 16.2. The number of hydrogen-bond donors (Lipinski definition) is 1. The van der Waals surface area contributed by atoms with Crippen LogP contribution in [0.4, 0.5) is 0 Å². The molecule has 1 saturated heterocycles. The SMILES string of the molecule is Cc1cnc(-n2cccn2)c2[nH]cc(C(=O)C(=O)N3CCN(C(=O)c4ccccc4)CC3)c12. The fourth-order valence-corrected chi connectivity index (χ4v) is 4.18. The Hall–Kier alpha value is -4.27. The fourth-order valence-electron chi connectivity index (χ4n) is 4.18. The van der Waals surface area contributed by atoms with E-state index in [1.165, 1.54) is 4.90 Å². The summed E-state index contributed by atoms with van der Waals surface area (Å²) in [6.07, 6.45) is 6.64. The van der Waals surface area contributed by atoms with Crippen LogP contribution in [0, 0.1) is 6.92 Å². The lowest BCUT2D eigenvalue weighted by molar-refractivity contribution is -0.127. The quantitative estimate of drug-likeness (QED) is 0.386. The Morgan fingerprint density at radius 1 is 0.970 bits per heavy atom. The molecule has 0 saturated carbocycles. The van der Waals surface area contributed by atoms with Crippen LogP contribution in [0.15, 0.2) is 61.2 Å². The average Bonchev–Trinajstić information content (AvgIpc) is 3.55. The molecule has 9 nitrogen and oxygen atoms in total. The summed E-state index contributed by atoms with van der Waals surface area (Å²) in [6, 6.07) is 10.8. The smallest absolute Gasteiger partial charge is 0.295 e. The van der Waals surface area contributed by atoms with Gasteiger partial charge in [0.1, 0.15) is 0 Å². The van der Waals surface area contributed by atoms with Gasteiger partial charge in [0.25, 0.3) is 17.6 Å². The van der Waals surface area contributed by atoms with Gasteiger partial charge in [-0.2, -0.15) is 5.10 Å². The molecule has 0 radical (unpaired) electrons. The number of hydrogen-bond acceptors (Lipinski definition) is 5. The van der Waals surface area contributed by atoms with Crippen molar-refractivity contribution >= 4 is 28.5 Å². The molecule has 33 heavy (non-hydrogen) atoms. The van der Waals surface area contributed by atoms with Gasteiger partial charge >= 0.3 is 0 Å². The van der Waals surface area contributed by atoms with Crippen molar-refractivity contribution in [3.05, 3.63) is 77.9 Å². The molecule has 1 aliphatic rings. The average molecular weight is 442 g/mol. The Morgan fingerprint density at radius 3 is 2.39 bits per heavy atom. The highest BCUT2D eigenvalue weighted by Gasteiger charge is 2.30. The van der Waals surface area contributed by atoms with Crippen LogP contribution in [0.2, 0.25) is 0 Å². The third-order valence-corrected chi connectivity index (χ3v) is 5.91. The Balaban J connectivity index is 1.34. The zero-order chi connectivity index (χ0) is 22.9. The van der Waals surface area contributed by atoms with E-state index in [1.54, 1.807) is 52.6 Å². The van der Waals surface area contributed by atoms with Crippen molar-refractivity contribution in [2.75, 3.05) is 26.2 Å². The molecule has 1 fully saturated rings. The maximum absolute atomic E-state index is 13.2. The normalized spacial score (nSPS) is 14.0. The molecule has 1 N–H and O–H groups in total. The summed E-state index contributed by atoms with van der Waals surface area (Å²) in [5.74, 6) is -0.663. The number of pyridine rings is 1. The number of aromatic nitrogens is 4. The number of rotatable bonds is 4. The number of ketones is 1. The Morgan fingerprint density at radius 2 is 1.70 bits per heavy atom. The number of Topliss-reactive ketones (excluding diaryl/α,β-unsaturated/α-hetero) is 1. The summed E-state index contributed by atoms with van der Waals surface area (Å²) < 4.78 is 1.61. The van der Waals surface area contributed by atoms with Gasteiger partial charge in [0.05, 0.1) is 11.1 Å². The molecule has 166 valence electrons. The first-order valence-electron chi connectivity index (χ1n) is 10.7. The number of aromatic amines is 1. The van der Waals surface area contributed by atoms with E-state index in [1.807, 2.05) is 25.1 Å². The lowest BCUT2D eigenvalue weighted by atomic mass is 10.1. The van der Waals surface area contributed by atoms with Gasteiger partial charge in [0.15, 0.2) is 5.82 Å². The number of fused-ring (bicyclic) bond motifs is 1. The van der Waals surface area contributed by atoms with Crippen molar-refractivity contribution in [3.63, 3.8) is 0 Å². The first kappa shape index (κ1) is 20.6. The largest absolute Gasteiger partial charge is 0.357 e. The summed E-state index contributed by atoms with van der Waals surface area (Å²) in [7, 11) is 0. The van der Waals surface area contributed by atoms with Gasteiger partial charge in [-0.15, -0.1) is 0 Å². The number of H-pyrrole nitrogens is 1. The molecule has 4 heterocycles. The van der Waals surface area contributed by atoms with E-state index in [2.05, 4.69) is 15.1 Å². The number of amides is 2. The Kier molecular flexibility index (Phi) is 5.21. The van der Waals surface area contributed by atoms with Gasteiger partial charge in [-0.05, 0) is 30.7 Å². The molecular formula is C24H22N6O3. The van der Waals surface area contributed by atoms with Gasteiger partial charge in [0.2, 0.25) is 0 Å². The van der Waals surface area contributed by atoms with Crippen molar-refractivity contribution in [1.82, 2.24) is 29.5 Å². The topological polar surface area (TPSA) is 104 Å². The minimum atomic E-state index is -0.579. The van der Waals surface area contributed by atoms with E-state index in [0.29, 0.717) is 54.0 Å². The van der Waals surface area contributed by atoms with E-state index in [-0.39, 0.29) is 5.91 Å². The van der Waals surface area contributed by atoms with Crippen molar-refractivity contribution in [1.29, 1.82) is 0 Å². The molecular weight excluding hydrogens is 420 g/mol. The van der Waals surface area contributed by atoms with E-state index in [4.69, 9.17) is 0 Å². The number of benzene rings is 1. The third-order valence-electron chi connectivity index (χ3n) is 5.91. The second-order valence-corrected chi connectivity index (χ2v) is 7.95. The molecule has 5 rings (SSSR count). The number of nitrogens with zero attached hydrogens (tertiary/aromatic N) is 5. The summed E-state index contributed by atoms with van der Waals surface area (Å²) >= 11 is 0. The van der Waals surface area contributed by atoms with Crippen LogP contribution >= 0.6 is 0 Å². The minimum absolute atomic E-state index is 0.0695. The Labute approximate surface area is 189 Å². The first-order valence-corrected chi connectivity index (χ1v) is 10.7. The molecule has 4 aromatic rings. The number of nitrogens with one attached hydrogen (secondary N) is 1. The Bertz CT molecular complexity index is 1340. The van der Waals surface area contributed by atoms with Gasteiger partial charge in [-0.25, -0.2) is 9.67 Å². The van der Waals surface area contributed by atoms with Crippen LogP contribution in [0.5, 0.6) is 0 Å². The summed E-state index contributed by atoms with van der Waals surface area (Å²) in [5, 5.41) is 4.87. The second-order valence-electron chi connectivity index (χ2n) is 7.95. The van der Waals surface area contributed by atoms with Crippen molar-refractivity contribution < 1.29 is 14.4 Å². The molecule has 0 unspecified atom stereocenters. The van der Waals surface area contributed by atoms with Crippen LogP contribution in [0.1, 0.15) is 26.3 Å². The molecule has 1 aromatic carbocycles. The molecule has 1 aliphatic heterocycles. The summed E-state index contributed by atoms with van der Waals surface area (Å²) in [5.41, 5.74) is 2.36. The molecule has 0 atom stereocenters. The van der Waals surface area contributed by atoms with E-state index < -0.39 is 11.7 Å². The molecule has 9 heteroatoms. The maximum Gasteiger partial charge on any atom is 0.295 e. The van der Waals surface area contributed by atoms with E-state index in [9.17, 15) is 14.4 Å². The lowest BCUT2D eigenvalue weighted by Gasteiger charge is -2.34. The number of carbonyl (C=O) groups is 3. The van der Waals surface area contributed by atoms with Crippen LogP contribution in [0.3, 0.4) is 0 Å². The first-order chi connectivity index (χ1) is 16.0.